The van der Waals surface area contributed by atoms with Gasteiger partial charge >= 0.3 is 0 Å². The molecule has 4 heteroatoms. The van der Waals surface area contributed by atoms with Gasteiger partial charge in [0.15, 0.2) is 5.78 Å². The van der Waals surface area contributed by atoms with Gasteiger partial charge in [0.25, 0.3) is 0 Å². The molecular weight excluding hydrogens is 260 g/mol. The Kier molecular flexibility index (Phi) is 4.07. The highest BCUT2D eigenvalue weighted by atomic mass is 35.5. The van der Waals surface area contributed by atoms with E-state index in [1.54, 1.807) is 12.1 Å². The van der Waals surface area contributed by atoms with Crippen LogP contribution in [0.2, 0.25) is 5.02 Å². The maximum atomic E-state index is 11.3. The van der Waals surface area contributed by atoms with E-state index in [-0.39, 0.29) is 5.78 Å². The quantitative estimate of drug-likeness (QED) is 0.660. The van der Waals surface area contributed by atoms with E-state index in [9.17, 15) is 4.79 Å². The lowest BCUT2D eigenvalue weighted by molar-refractivity contribution is 0.101. The van der Waals surface area contributed by atoms with Gasteiger partial charge in [0.1, 0.15) is 0 Å². The molecule has 0 heterocycles. The molecule has 0 aliphatic rings. The lowest BCUT2D eigenvalue weighted by atomic mass is 10.1. The highest BCUT2D eigenvalue weighted by Crippen LogP contribution is 2.21. The van der Waals surface area contributed by atoms with Gasteiger partial charge in [-0.3, -0.25) is 4.79 Å². The second kappa shape index (κ2) is 5.76. The van der Waals surface area contributed by atoms with Crippen molar-refractivity contribution in [1.82, 2.24) is 0 Å². The van der Waals surface area contributed by atoms with Crippen molar-refractivity contribution < 1.29 is 4.79 Å². The smallest absolute Gasteiger partial charge is 0.161 e. The lowest BCUT2D eigenvalue weighted by Crippen LogP contribution is -2.03. The van der Waals surface area contributed by atoms with Crippen LogP contribution in [0.4, 0.5) is 11.4 Å². The molecule has 0 saturated carbocycles. The van der Waals surface area contributed by atoms with Gasteiger partial charge in [0.2, 0.25) is 0 Å². The molecule has 0 saturated heterocycles. The molecule has 3 nitrogen and oxygen atoms in total. The van der Waals surface area contributed by atoms with Gasteiger partial charge in [0.05, 0.1) is 0 Å². The van der Waals surface area contributed by atoms with Crippen molar-refractivity contribution in [2.24, 2.45) is 0 Å². The predicted molar refractivity (Wildman–Crippen MR) is 79.6 cm³/mol. The molecule has 2 aromatic carbocycles. The van der Waals surface area contributed by atoms with E-state index < -0.39 is 0 Å². The molecule has 0 atom stereocenters. The van der Waals surface area contributed by atoms with Gasteiger partial charge in [-0.05, 0) is 36.8 Å². The minimum Gasteiger partial charge on any atom is -0.398 e. The summed E-state index contributed by atoms with van der Waals surface area (Å²) in [5.74, 6) is -0.0323. The summed E-state index contributed by atoms with van der Waals surface area (Å²) in [6.45, 7) is 2.11. The average Bonchev–Trinajstić information content (AvgIpc) is 2.37. The van der Waals surface area contributed by atoms with Gasteiger partial charge in [-0.15, -0.1) is 0 Å². The van der Waals surface area contributed by atoms with Crippen LogP contribution < -0.4 is 11.1 Å². The minimum absolute atomic E-state index is 0.0323. The van der Waals surface area contributed by atoms with E-state index in [2.05, 4.69) is 5.32 Å². The fourth-order valence-corrected chi connectivity index (χ4v) is 2.03. The highest BCUT2D eigenvalue weighted by molar-refractivity contribution is 6.31. The summed E-state index contributed by atoms with van der Waals surface area (Å²) in [6.07, 6.45) is 0. The van der Waals surface area contributed by atoms with Crippen LogP contribution in [0.25, 0.3) is 0 Å². The molecule has 2 rings (SSSR count). The zero-order valence-corrected chi connectivity index (χ0v) is 11.4. The number of nitrogen functional groups attached to an aromatic ring is 1. The second-order valence-electron chi connectivity index (χ2n) is 4.30. The second-order valence-corrected chi connectivity index (χ2v) is 4.71. The Labute approximate surface area is 117 Å². The van der Waals surface area contributed by atoms with Crippen LogP contribution in [0.5, 0.6) is 0 Å². The standard InChI is InChI=1S/C15H15ClN2O/c1-10(19)13-7-6-12(8-15(13)17)18-9-11-4-2-3-5-14(11)16/h2-8,18H,9,17H2,1H3. The Morgan fingerprint density at radius 1 is 1.26 bits per heavy atom. The van der Waals surface area contributed by atoms with Crippen LogP contribution in [-0.4, -0.2) is 5.78 Å². The topological polar surface area (TPSA) is 55.1 Å². The number of benzene rings is 2. The van der Waals surface area contributed by atoms with E-state index in [4.69, 9.17) is 17.3 Å². The normalized spacial score (nSPS) is 10.2. The summed E-state index contributed by atoms with van der Waals surface area (Å²) in [5.41, 5.74) is 8.74. The molecule has 3 N–H and O–H groups in total. The summed E-state index contributed by atoms with van der Waals surface area (Å²) >= 11 is 6.08. The maximum absolute atomic E-state index is 11.3. The van der Waals surface area contributed by atoms with Crippen LogP contribution in [0.3, 0.4) is 0 Å². The first kappa shape index (κ1) is 13.4. The molecular formula is C15H15ClN2O. The van der Waals surface area contributed by atoms with Gasteiger partial charge in [-0.2, -0.15) is 0 Å². The number of carbonyl (C=O) groups excluding carboxylic acids is 1. The number of rotatable bonds is 4. The number of hydrogen-bond acceptors (Lipinski definition) is 3. The zero-order chi connectivity index (χ0) is 13.8. The molecule has 0 fully saturated rings. The van der Waals surface area contributed by atoms with E-state index in [0.29, 0.717) is 17.8 Å². The fraction of sp³-hybridized carbons (Fsp3) is 0.133. The van der Waals surface area contributed by atoms with E-state index in [0.717, 1.165) is 16.3 Å². The third kappa shape index (κ3) is 3.26. The van der Waals surface area contributed by atoms with Crippen molar-refractivity contribution in [1.29, 1.82) is 0 Å². The molecule has 0 aliphatic carbocycles. The van der Waals surface area contributed by atoms with Crippen LogP contribution in [-0.2, 0) is 6.54 Å². The Morgan fingerprint density at radius 2 is 2.00 bits per heavy atom. The van der Waals surface area contributed by atoms with Crippen LogP contribution in [0.1, 0.15) is 22.8 Å². The molecule has 0 aromatic heterocycles. The first-order valence-electron chi connectivity index (χ1n) is 5.95. The van der Waals surface area contributed by atoms with Crippen molar-refractivity contribution in [3.05, 3.63) is 58.6 Å². The Morgan fingerprint density at radius 3 is 2.63 bits per heavy atom. The minimum atomic E-state index is -0.0323. The SMILES string of the molecule is CC(=O)c1ccc(NCc2ccccc2Cl)cc1N. The van der Waals surface area contributed by atoms with Crippen LogP contribution in [0.15, 0.2) is 42.5 Å². The first-order valence-corrected chi connectivity index (χ1v) is 6.33. The molecule has 0 unspecified atom stereocenters. The number of halogens is 1. The Bertz CT molecular complexity index is 611. The molecule has 0 aliphatic heterocycles. The Hall–Kier alpha value is -2.00. The maximum Gasteiger partial charge on any atom is 0.161 e. The van der Waals surface area contributed by atoms with Crippen molar-refractivity contribution in [2.75, 3.05) is 11.1 Å². The Balaban J connectivity index is 2.11. The largest absolute Gasteiger partial charge is 0.398 e. The number of nitrogens with one attached hydrogen (secondary N) is 1. The van der Waals surface area contributed by atoms with Crippen LogP contribution in [0, 0.1) is 0 Å². The predicted octanol–water partition coefficient (Wildman–Crippen LogP) is 3.74. The van der Waals surface area contributed by atoms with Gasteiger partial charge in [-0.1, -0.05) is 29.8 Å². The average molecular weight is 275 g/mol. The van der Waals surface area contributed by atoms with Gasteiger partial charge < -0.3 is 11.1 Å². The third-order valence-electron chi connectivity index (χ3n) is 2.87. The number of carbonyl (C=O) groups is 1. The summed E-state index contributed by atoms with van der Waals surface area (Å²) in [6, 6.07) is 13.0. The summed E-state index contributed by atoms with van der Waals surface area (Å²) in [4.78, 5) is 11.3. The van der Waals surface area contributed by atoms with E-state index in [1.165, 1.54) is 6.92 Å². The van der Waals surface area contributed by atoms with E-state index >= 15 is 0 Å². The monoisotopic (exact) mass is 274 g/mol. The molecule has 0 radical (unpaired) electrons. The number of hydrogen-bond donors (Lipinski definition) is 2. The molecule has 19 heavy (non-hydrogen) atoms. The molecule has 2 aromatic rings. The van der Waals surface area contributed by atoms with Crippen molar-refractivity contribution in [3.8, 4) is 0 Å². The molecule has 0 spiro atoms. The molecule has 98 valence electrons. The number of Topliss-reactive ketones (excluding diaryl/α,β-unsaturated/α-hetero) is 1. The fourth-order valence-electron chi connectivity index (χ4n) is 1.83. The van der Waals surface area contributed by atoms with Crippen molar-refractivity contribution in [2.45, 2.75) is 13.5 Å². The first-order chi connectivity index (χ1) is 9.08. The molecule has 0 amide bonds. The summed E-state index contributed by atoms with van der Waals surface area (Å²) in [5, 5.41) is 3.96. The molecule has 0 bridgehead atoms. The number of nitrogens with two attached hydrogens (primary N) is 1. The lowest BCUT2D eigenvalue weighted by Gasteiger charge is -2.10. The number of ketones is 1. The van der Waals surface area contributed by atoms with Gasteiger partial charge in [0, 0.05) is 28.5 Å². The third-order valence-corrected chi connectivity index (χ3v) is 3.24. The summed E-state index contributed by atoms with van der Waals surface area (Å²) < 4.78 is 0. The van der Waals surface area contributed by atoms with Crippen molar-refractivity contribution >= 4 is 28.8 Å². The van der Waals surface area contributed by atoms with Crippen LogP contribution >= 0.6 is 11.6 Å². The zero-order valence-electron chi connectivity index (χ0n) is 10.6. The number of anilines is 2. The van der Waals surface area contributed by atoms with Crippen molar-refractivity contribution in [3.63, 3.8) is 0 Å². The summed E-state index contributed by atoms with van der Waals surface area (Å²) in [7, 11) is 0. The highest BCUT2D eigenvalue weighted by Gasteiger charge is 2.05. The van der Waals surface area contributed by atoms with Gasteiger partial charge in [-0.25, -0.2) is 0 Å². The van der Waals surface area contributed by atoms with E-state index in [1.807, 2.05) is 30.3 Å².